The number of benzene rings is 2. The highest BCUT2D eigenvalue weighted by Gasteiger charge is 2.23. The number of nitrogens with one attached hydrogen (secondary N) is 2. The first kappa shape index (κ1) is 21.9. The first-order chi connectivity index (χ1) is 15.0. The molecule has 1 unspecified atom stereocenters. The number of rotatable bonds is 8. The van der Waals surface area contributed by atoms with Crippen molar-refractivity contribution in [3.8, 4) is 28.3 Å². The smallest absolute Gasteiger partial charge is 0.273 e. The third-order valence-electron chi connectivity index (χ3n) is 4.74. The number of nitrogens with zero attached hydrogens (tertiary/aromatic N) is 2. The van der Waals surface area contributed by atoms with E-state index in [9.17, 15) is 9.59 Å². The van der Waals surface area contributed by atoms with Gasteiger partial charge in [-0.25, -0.2) is 4.68 Å². The van der Waals surface area contributed by atoms with E-state index in [2.05, 4.69) is 15.7 Å². The van der Waals surface area contributed by atoms with E-state index >= 15 is 0 Å². The van der Waals surface area contributed by atoms with Crippen molar-refractivity contribution in [3.05, 3.63) is 60.4 Å². The van der Waals surface area contributed by atoms with E-state index in [0.717, 1.165) is 11.3 Å². The molecule has 2 aromatic carbocycles. The van der Waals surface area contributed by atoms with Gasteiger partial charge in [-0.05, 0) is 43.7 Å². The largest absolute Gasteiger partial charge is 0.493 e. The minimum Gasteiger partial charge on any atom is -0.493 e. The van der Waals surface area contributed by atoms with E-state index in [0.29, 0.717) is 23.6 Å². The maximum absolute atomic E-state index is 13.1. The van der Waals surface area contributed by atoms with Crippen LogP contribution in [0.4, 0.5) is 0 Å². The van der Waals surface area contributed by atoms with Crippen LogP contribution in [0.1, 0.15) is 24.3 Å². The fourth-order valence-corrected chi connectivity index (χ4v) is 3.13. The zero-order chi connectivity index (χ0) is 22.4. The average molecular weight is 422 g/mol. The van der Waals surface area contributed by atoms with Gasteiger partial charge in [0.15, 0.2) is 17.2 Å². The lowest BCUT2D eigenvalue weighted by Gasteiger charge is -2.13. The summed E-state index contributed by atoms with van der Waals surface area (Å²) in [6, 6.07) is 14.2. The second kappa shape index (κ2) is 9.80. The van der Waals surface area contributed by atoms with Crippen LogP contribution in [-0.2, 0) is 4.79 Å². The molecule has 0 aliphatic rings. The third kappa shape index (κ3) is 4.85. The second-order valence-corrected chi connectivity index (χ2v) is 6.83. The monoisotopic (exact) mass is 422 g/mol. The summed E-state index contributed by atoms with van der Waals surface area (Å²) in [6.45, 7) is 3.94. The van der Waals surface area contributed by atoms with Gasteiger partial charge in [-0.2, -0.15) is 5.10 Å². The van der Waals surface area contributed by atoms with Crippen LogP contribution in [0.5, 0.6) is 11.5 Å². The standard InChI is InChI=1S/C23H26N4O4/c1-5-24-22(28)15(2)25-23(29)21-18(14-27(26-21)17-9-7-6-8-10-17)16-11-12-19(30-3)20(13-16)31-4/h6-15H,5H2,1-4H3,(H,24,28)(H,25,29). The summed E-state index contributed by atoms with van der Waals surface area (Å²) in [6.07, 6.45) is 1.78. The summed E-state index contributed by atoms with van der Waals surface area (Å²) in [5, 5.41) is 9.94. The van der Waals surface area contributed by atoms with Crippen molar-refractivity contribution in [2.45, 2.75) is 19.9 Å². The van der Waals surface area contributed by atoms with Crippen LogP contribution in [0.3, 0.4) is 0 Å². The Morgan fingerprint density at radius 2 is 1.77 bits per heavy atom. The van der Waals surface area contributed by atoms with E-state index in [1.165, 1.54) is 0 Å². The quantitative estimate of drug-likeness (QED) is 0.582. The normalized spacial score (nSPS) is 11.5. The molecular formula is C23H26N4O4. The Balaban J connectivity index is 2.04. The molecule has 1 atom stereocenters. The van der Waals surface area contributed by atoms with Gasteiger partial charge in [0.2, 0.25) is 5.91 Å². The van der Waals surface area contributed by atoms with E-state index in [1.54, 1.807) is 44.2 Å². The Hall–Kier alpha value is -3.81. The molecule has 0 fully saturated rings. The minimum atomic E-state index is -0.701. The maximum atomic E-state index is 13.1. The molecule has 31 heavy (non-hydrogen) atoms. The Labute approximate surface area is 181 Å². The minimum absolute atomic E-state index is 0.201. The van der Waals surface area contributed by atoms with Gasteiger partial charge in [-0.1, -0.05) is 24.3 Å². The zero-order valence-electron chi connectivity index (χ0n) is 18.0. The van der Waals surface area contributed by atoms with E-state index in [-0.39, 0.29) is 11.6 Å². The summed E-state index contributed by atoms with van der Waals surface area (Å²) in [5.41, 5.74) is 2.34. The Morgan fingerprint density at radius 3 is 2.42 bits per heavy atom. The number of methoxy groups -OCH3 is 2. The fourth-order valence-electron chi connectivity index (χ4n) is 3.13. The van der Waals surface area contributed by atoms with Crippen LogP contribution in [0.2, 0.25) is 0 Å². The molecule has 162 valence electrons. The van der Waals surface area contributed by atoms with Crippen LogP contribution in [0, 0.1) is 0 Å². The van der Waals surface area contributed by atoms with Crippen molar-refractivity contribution in [3.63, 3.8) is 0 Å². The molecule has 2 N–H and O–H groups in total. The van der Waals surface area contributed by atoms with Gasteiger partial charge >= 0.3 is 0 Å². The molecule has 0 saturated carbocycles. The Morgan fingerprint density at radius 1 is 1.06 bits per heavy atom. The first-order valence-electron chi connectivity index (χ1n) is 9.94. The molecule has 0 saturated heterocycles. The number of amides is 2. The van der Waals surface area contributed by atoms with Gasteiger partial charge in [0.1, 0.15) is 6.04 Å². The summed E-state index contributed by atoms with van der Waals surface area (Å²) in [7, 11) is 3.11. The van der Waals surface area contributed by atoms with Crippen molar-refractivity contribution in [1.29, 1.82) is 0 Å². The van der Waals surface area contributed by atoms with Gasteiger partial charge in [-0.3, -0.25) is 9.59 Å². The number of hydrogen-bond donors (Lipinski definition) is 2. The second-order valence-electron chi connectivity index (χ2n) is 6.83. The Bertz CT molecular complexity index is 1060. The summed E-state index contributed by atoms with van der Waals surface area (Å²) < 4.78 is 12.4. The van der Waals surface area contributed by atoms with Crippen LogP contribution >= 0.6 is 0 Å². The van der Waals surface area contributed by atoms with Crippen LogP contribution in [0.15, 0.2) is 54.7 Å². The van der Waals surface area contributed by atoms with Gasteiger partial charge in [0, 0.05) is 18.3 Å². The number of likely N-dealkylation sites (N-methyl/N-ethyl adjacent to an activating group) is 1. The molecular weight excluding hydrogens is 396 g/mol. The number of carbonyl (C=O) groups excluding carboxylic acids is 2. The molecule has 1 heterocycles. The molecule has 8 heteroatoms. The molecule has 0 aliphatic heterocycles. The maximum Gasteiger partial charge on any atom is 0.273 e. The van der Waals surface area contributed by atoms with Crippen molar-refractivity contribution in [2.24, 2.45) is 0 Å². The number of aromatic nitrogens is 2. The average Bonchev–Trinajstić information content (AvgIpc) is 3.25. The van der Waals surface area contributed by atoms with Gasteiger partial charge in [0.05, 0.1) is 19.9 Å². The van der Waals surface area contributed by atoms with Gasteiger partial charge in [-0.15, -0.1) is 0 Å². The highest BCUT2D eigenvalue weighted by molar-refractivity contribution is 6.01. The lowest BCUT2D eigenvalue weighted by molar-refractivity contribution is -0.122. The van der Waals surface area contributed by atoms with Crippen LogP contribution in [0.25, 0.3) is 16.8 Å². The van der Waals surface area contributed by atoms with Crippen molar-refractivity contribution in [1.82, 2.24) is 20.4 Å². The lowest BCUT2D eigenvalue weighted by atomic mass is 10.0. The third-order valence-corrected chi connectivity index (χ3v) is 4.74. The van der Waals surface area contributed by atoms with E-state index < -0.39 is 11.9 Å². The highest BCUT2D eigenvalue weighted by Crippen LogP contribution is 2.34. The van der Waals surface area contributed by atoms with Crippen molar-refractivity contribution < 1.29 is 19.1 Å². The van der Waals surface area contributed by atoms with Gasteiger partial charge < -0.3 is 20.1 Å². The first-order valence-corrected chi connectivity index (χ1v) is 9.94. The Kier molecular flexibility index (Phi) is 6.92. The topological polar surface area (TPSA) is 94.5 Å². The van der Waals surface area contributed by atoms with Crippen molar-refractivity contribution >= 4 is 11.8 Å². The zero-order valence-corrected chi connectivity index (χ0v) is 18.0. The van der Waals surface area contributed by atoms with Gasteiger partial charge in [0.25, 0.3) is 5.91 Å². The van der Waals surface area contributed by atoms with E-state index in [1.807, 2.05) is 43.3 Å². The summed E-state index contributed by atoms with van der Waals surface area (Å²) >= 11 is 0. The molecule has 3 aromatic rings. The fraction of sp³-hybridized carbons (Fsp3) is 0.261. The number of ether oxygens (including phenoxy) is 2. The molecule has 8 nitrogen and oxygen atoms in total. The van der Waals surface area contributed by atoms with Crippen LogP contribution < -0.4 is 20.1 Å². The molecule has 0 radical (unpaired) electrons. The molecule has 3 rings (SSSR count). The van der Waals surface area contributed by atoms with Crippen molar-refractivity contribution in [2.75, 3.05) is 20.8 Å². The highest BCUT2D eigenvalue weighted by atomic mass is 16.5. The number of para-hydroxylation sites is 1. The predicted octanol–water partition coefficient (Wildman–Crippen LogP) is 2.81. The SMILES string of the molecule is CCNC(=O)C(C)NC(=O)c1nn(-c2ccccc2)cc1-c1ccc(OC)c(OC)c1. The van der Waals surface area contributed by atoms with Crippen LogP contribution in [-0.4, -0.2) is 48.4 Å². The van der Waals surface area contributed by atoms with E-state index in [4.69, 9.17) is 9.47 Å². The number of hydrogen-bond acceptors (Lipinski definition) is 5. The summed E-state index contributed by atoms with van der Waals surface area (Å²) in [4.78, 5) is 25.1. The molecule has 0 bridgehead atoms. The molecule has 0 spiro atoms. The lowest BCUT2D eigenvalue weighted by Crippen LogP contribution is -2.44. The molecule has 2 amide bonds. The predicted molar refractivity (Wildman–Crippen MR) is 118 cm³/mol. The molecule has 0 aliphatic carbocycles. The number of carbonyl (C=O) groups is 2. The summed E-state index contributed by atoms with van der Waals surface area (Å²) in [5.74, 6) is 0.413. The molecule has 1 aromatic heterocycles.